The van der Waals surface area contributed by atoms with Gasteiger partial charge in [-0.25, -0.2) is 0 Å². The van der Waals surface area contributed by atoms with Gasteiger partial charge in [-0.05, 0) is 0 Å². The van der Waals surface area contributed by atoms with E-state index in [4.69, 9.17) is 0 Å². The Morgan fingerprint density at radius 3 is 1.37 bits per heavy atom. The van der Waals surface area contributed by atoms with Gasteiger partial charge in [-0.2, -0.15) is 0 Å². The maximum atomic E-state index is 2.82. The van der Waals surface area contributed by atoms with Gasteiger partial charge in [0.05, 0.1) is 0 Å². The fourth-order valence-corrected chi connectivity index (χ4v) is 25.5. The Labute approximate surface area is 425 Å². The largest absolute Gasteiger partial charge is 1.00 e. The Balaban J connectivity index is 0.00000281. The molecule has 67 heavy (non-hydrogen) atoms. The van der Waals surface area contributed by atoms with E-state index in [1.165, 1.54) is 112 Å². The molecule has 0 radical (unpaired) electrons. The minimum Gasteiger partial charge on any atom is -1.00 e. The van der Waals surface area contributed by atoms with Crippen molar-refractivity contribution in [2.45, 2.75) is 167 Å². The van der Waals surface area contributed by atoms with E-state index in [-0.39, 0.29) is 46.5 Å². The van der Waals surface area contributed by atoms with Crippen LogP contribution in [0.2, 0.25) is 0 Å². The molecule has 4 aromatic rings. The van der Waals surface area contributed by atoms with Crippen molar-refractivity contribution in [2.24, 2.45) is 29.1 Å². The van der Waals surface area contributed by atoms with Crippen LogP contribution in [0.25, 0.3) is 22.3 Å². The van der Waals surface area contributed by atoms with E-state index in [1.54, 1.807) is 25.5 Å². The van der Waals surface area contributed by atoms with E-state index in [1.807, 2.05) is 3.28 Å². The van der Waals surface area contributed by atoms with Crippen LogP contribution in [-0.4, -0.2) is 3.21 Å². The molecule has 0 N–H and O–H groups in total. The minimum absolute atomic E-state index is 0. The molecule has 0 amide bonds. The number of benzene rings is 4. The first-order chi connectivity index (χ1) is 30.5. The van der Waals surface area contributed by atoms with Gasteiger partial charge in [-0.1, -0.05) is 0 Å². The van der Waals surface area contributed by atoms with Crippen molar-refractivity contribution in [3.63, 3.8) is 0 Å². The normalized spacial score (nSPS) is 25.8. The topological polar surface area (TPSA) is 0 Å². The number of hydrogen-bond acceptors (Lipinski definition) is 0. The fourth-order valence-electron chi connectivity index (χ4n) is 15.5. The first-order valence-electron chi connectivity index (χ1n) is 25.7. The van der Waals surface area contributed by atoms with Crippen molar-refractivity contribution in [1.29, 1.82) is 0 Å². The average molecular weight is 1010 g/mol. The Kier molecular flexibility index (Phi) is 12.2. The summed E-state index contributed by atoms with van der Waals surface area (Å²) >= 11 is -3.17. The van der Waals surface area contributed by atoms with Gasteiger partial charge in [0.25, 0.3) is 0 Å². The zero-order valence-corrected chi connectivity index (χ0v) is 47.2. The Morgan fingerprint density at radius 2 is 0.985 bits per heavy atom. The molecular weight excluding hydrogens is 931 g/mol. The first-order valence-corrected chi connectivity index (χ1v) is 29.5. The minimum atomic E-state index is -3.17. The smallest absolute Gasteiger partial charge is 1.00 e. The Hall–Kier alpha value is -2.83. The van der Waals surface area contributed by atoms with Crippen LogP contribution < -0.4 is 24.8 Å². The second-order valence-electron chi connectivity index (χ2n) is 26.1. The summed E-state index contributed by atoms with van der Waals surface area (Å²) in [4.78, 5) is 0. The second-order valence-corrected chi connectivity index (χ2v) is 32.1. The maximum Gasteiger partial charge on any atom is -1.00 e. The van der Waals surface area contributed by atoms with E-state index < -0.39 is 21.3 Å². The summed E-state index contributed by atoms with van der Waals surface area (Å²) in [5, 5.41) is 0. The molecule has 0 saturated heterocycles. The number of hydrogen-bond donors (Lipinski definition) is 0. The van der Waals surface area contributed by atoms with Crippen molar-refractivity contribution < 1.29 is 46.1 Å². The molecular formula is C64H76Cl2Zr. The first kappa shape index (κ1) is 49.2. The third-order valence-electron chi connectivity index (χ3n) is 18.1. The van der Waals surface area contributed by atoms with Gasteiger partial charge in [0.1, 0.15) is 0 Å². The summed E-state index contributed by atoms with van der Waals surface area (Å²) in [6.07, 6.45) is 18.2. The van der Waals surface area contributed by atoms with E-state index in [0.29, 0.717) is 15.0 Å². The van der Waals surface area contributed by atoms with Crippen LogP contribution in [0.1, 0.15) is 201 Å². The number of fused-ring (bicyclic) bond motifs is 5. The van der Waals surface area contributed by atoms with Crippen LogP contribution in [0.5, 0.6) is 0 Å². The van der Waals surface area contributed by atoms with Gasteiger partial charge in [0, 0.05) is 0 Å². The molecule has 0 aromatic heterocycles. The van der Waals surface area contributed by atoms with Crippen LogP contribution in [0.4, 0.5) is 0 Å². The maximum absolute atomic E-state index is 3.17. The molecule has 8 aliphatic rings. The van der Waals surface area contributed by atoms with Gasteiger partial charge >= 0.3 is 404 Å². The molecule has 0 heterocycles. The van der Waals surface area contributed by atoms with E-state index in [0.717, 1.165) is 17.8 Å². The zero-order valence-electron chi connectivity index (χ0n) is 43.3. The second kappa shape index (κ2) is 16.6. The van der Waals surface area contributed by atoms with Crippen LogP contribution >= 0.6 is 0 Å². The summed E-state index contributed by atoms with van der Waals surface area (Å²) in [5.41, 5.74) is 24.9. The predicted octanol–water partition coefficient (Wildman–Crippen LogP) is 11.1. The molecule has 12 rings (SSSR count). The molecule has 4 bridgehead atoms. The predicted molar refractivity (Wildman–Crippen MR) is 276 cm³/mol. The standard InChI is InChI=1S/C25H25.C21H26.C18H25.2ClH.Zr/c1-14-12-24(3,4)22-8-16-7-17-9-23-19(15(2)13-25(23,5)6)11-21(17)20(16)10-18(14)22;1-20(2,3)18-11-7-16(8-12-18)15-17-9-13-19(14-10-17)21(4,5)6;1-12-3-13(2)17(4-12)11-18-8-14-5-15(9-18)7-16(6-14)10-18;;;/h7-13H,1-6H3;7-14H,1-6H3;4,12,14-16H,5-11H2,1-2H3;2*1H;/q;;;;;+2/p-2. The summed E-state index contributed by atoms with van der Waals surface area (Å²) < 4.78 is 3.89. The van der Waals surface area contributed by atoms with Gasteiger partial charge in [-0.3, -0.25) is 0 Å². The zero-order chi connectivity index (χ0) is 45.9. The fraction of sp³-hybridized carbons (Fsp3) is 0.484. The summed E-state index contributed by atoms with van der Waals surface area (Å²) in [7, 11) is 0. The third-order valence-corrected chi connectivity index (χ3v) is 27.3. The van der Waals surface area contributed by atoms with Crippen molar-refractivity contribution in [3.8, 4) is 11.1 Å². The van der Waals surface area contributed by atoms with Gasteiger partial charge < -0.3 is 24.8 Å². The molecule has 0 aliphatic heterocycles. The molecule has 4 aromatic carbocycles. The number of allylic oxidation sites excluding steroid dienone is 8. The summed E-state index contributed by atoms with van der Waals surface area (Å²) in [6, 6.07) is 30.9. The monoisotopic (exact) mass is 1000 g/mol. The average Bonchev–Trinajstić information content (AvgIpc) is 3.83. The van der Waals surface area contributed by atoms with Gasteiger partial charge in [-0.15, -0.1) is 0 Å². The van der Waals surface area contributed by atoms with Gasteiger partial charge in [0.2, 0.25) is 0 Å². The summed E-state index contributed by atoms with van der Waals surface area (Å²) in [5.74, 6) is 3.36. The van der Waals surface area contributed by atoms with Crippen LogP contribution in [-0.2, 0) is 42.9 Å². The third kappa shape index (κ3) is 8.07. The van der Waals surface area contributed by atoms with Crippen molar-refractivity contribution in [2.75, 3.05) is 0 Å². The van der Waals surface area contributed by atoms with E-state index >= 15 is 0 Å². The molecule has 8 aliphatic carbocycles. The van der Waals surface area contributed by atoms with Crippen LogP contribution in [0.3, 0.4) is 0 Å². The molecule has 350 valence electrons. The van der Waals surface area contributed by atoms with Crippen molar-refractivity contribution >= 4 is 14.4 Å². The SMILES string of the molecule is CC1=CC(C)(C)c2cc3c(cc21)-c1cc2c(cc1[CH]3[Zr+2]([C]1=C(C)C(CC34CC5CC(CC(C5)C3)C4)=CC1C)=[C](c1ccc(C(C)(C)C)cc1)c1ccc(C(C)(C)C)cc1)C(C)(C)C=C2C.[Cl-].[Cl-]. The molecule has 1 atom stereocenters. The van der Waals surface area contributed by atoms with Crippen LogP contribution in [0.15, 0.2) is 105 Å². The van der Waals surface area contributed by atoms with Gasteiger partial charge in [0.15, 0.2) is 0 Å². The number of halogens is 2. The molecule has 4 fully saturated rings. The molecule has 1 unspecified atom stereocenters. The summed E-state index contributed by atoms with van der Waals surface area (Å²) in [6.45, 7) is 33.9. The molecule has 3 heteroatoms. The number of rotatable bonds is 6. The van der Waals surface area contributed by atoms with Crippen molar-refractivity contribution in [3.05, 3.63) is 161 Å². The quantitative estimate of drug-likeness (QED) is 0.181. The Morgan fingerprint density at radius 1 is 0.582 bits per heavy atom. The van der Waals surface area contributed by atoms with Crippen LogP contribution in [0, 0.1) is 29.1 Å². The van der Waals surface area contributed by atoms with E-state index in [2.05, 4.69) is 188 Å². The molecule has 4 saturated carbocycles. The van der Waals surface area contributed by atoms with E-state index in [9.17, 15) is 0 Å². The molecule has 0 nitrogen and oxygen atoms in total. The Bertz CT molecular complexity index is 2670. The van der Waals surface area contributed by atoms with Crippen molar-refractivity contribution in [1.82, 2.24) is 0 Å². The molecule has 0 spiro atoms.